The van der Waals surface area contributed by atoms with E-state index in [1.54, 1.807) is 0 Å². The summed E-state index contributed by atoms with van der Waals surface area (Å²) in [6.07, 6.45) is 8.46. The molecule has 0 radical (unpaired) electrons. The van der Waals surface area contributed by atoms with Gasteiger partial charge in [0.1, 0.15) is 0 Å². The topological polar surface area (TPSA) is 32.3 Å². The molecule has 1 aliphatic heterocycles. The Bertz CT molecular complexity index is 270. The van der Waals surface area contributed by atoms with Gasteiger partial charge in [0, 0.05) is 38.0 Å². The molecule has 3 nitrogen and oxygen atoms in total. The average Bonchev–Trinajstić information content (AvgIpc) is 2.27. The zero-order chi connectivity index (χ0) is 12.0. The van der Waals surface area contributed by atoms with E-state index in [2.05, 4.69) is 25.1 Å². The second-order valence-electron chi connectivity index (χ2n) is 4.62. The number of carbonyl (C=O) groups is 1. The Balaban J connectivity index is 2.31. The molecule has 2 unspecified atom stereocenters. The van der Waals surface area contributed by atoms with Crippen molar-refractivity contribution in [3.63, 3.8) is 0 Å². The van der Waals surface area contributed by atoms with Gasteiger partial charge in [-0.15, -0.1) is 12.3 Å². The van der Waals surface area contributed by atoms with Crippen molar-refractivity contribution in [1.29, 1.82) is 0 Å². The molecule has 1 saturated heterocycles. The van der Waals surface area contributed by atoms with Crippen LogP contribution >= 0.6 is 0 Å². The average molecular weight is 222 g/mol. The number of amides is 1. The SMILES string of the molecule is C#CCCCCC(=O)N1CC(C)NCC1C. The molecule has 0 aromatic rings. The quantitative estimate of drug-likeness (QED) is 0.576. The van der Waals surface area contributed by atoms with Gasteiger partial charge in [-0.2, -0.15) is 0 Å². The Labute approximate surface area is 98.6 Å². The number of unbranched alkanes of at least 4 members (excludes halogenated alkanes) is 2. The molecule has 90 valence electrons. The summed E-state index contributed by atoms with van der Waals surface area (Å²) >= 11 is 0. The van der Waals surface area contributed by atoms with Crippen molar-refractivity contribution in [2.75, 3.05) is 13.1 Å². The zero-order valence-corrected chi connectivity index (χ0v) is 10.3. The minimum absolute atomic E-state index is 0.276. The second kappa shape index (κ2) is 6.55. The van der Waals surface area contributed by atoms with Crippen molar-refractivity contribution in [2.45, 2.75) is 51.6 Å². The molecule has 0 spiro atoms. The fourth-order valence-corrected chi connectivity index (χ4v) is 2.02. The van der Waals surface area contributed by atoms with Gasteiger partial charge in [0.15, 0.2) is 0 Å². The third-order valence-electron chi connectivity index (χ3n) is 3.05. The highest BCUT2D eigenvalue weighted by atomic mass is 16.2. The van der Waals surface area contributed by atoms with Crippen LogP contribution in [0.25, 0.3) is 0 Å². The molecule has 1 amide bonds. The minimum Gasteiger partial charge on any atom is -0.337 e. The van der Waals surface area contributed by atoms with Crippen molar-refractivity contribution in [3.05, 3.63) is 0 Å². The first-order chi connectivity index (χ1) is 7.65. The van der Waals surface area contributed by atoms with E-state index in [9.17, 15) is 4.79 Å². The maximum atomic E-state index is 12.0. The van der Waals surface area contributed by atoms with Crippen LogP contribution < -0.4 is 5.32 Å². The number of piperazine rings is 1. The number of carbonyl (C=O) groups excluding carboxylic acids is 1. The van der Waals surface area contributed by atoms with Gasteiger partial charge < -0.3 is 10.2 Å². The zero-order valence-electron chi connectivity index (χ0n) is 10.3. The van der Waals surface area contributed by atoms with E-state index in [0.717, 1.165) is 32.4 Å². The molecule has 0 bridgehead atoms. The van der Waals surface area contributed by atoms with Crippen molar-refractivity contribution in [2.24, 2.45) is 0 Å². The first-order valence-electron chi connectivity index (χ1n) is 6.11. The Hall–Kier alpha value is -1.01. The molecule has 1 aliphatic rings. The van der Waals surface area contributed by atoms with Crippen LogP contribution in [-0.2, 0) is 4.79 Å². The predicted octanol–water partition coefficient (Wildman–Crippen LogP) is 1.39. The highest BCUT2D eigenvalue weighted by molar-refractivity contribution is 5.76. The number of nitrogens with one attached hydrogen (secondary N) is 1. The molecule has 16 heavy (non-hydrogen) atoms. The lowest BCUT2D eigenvalue weighted by atomic mass is 10.1. The Morgan fingerprint density at radius 1 is 1.50 bits per heavy atom. The maximum absolute atomic E-state index is 12.0. The van der Waals surface area contributed by atoms with Crippen LogP contribution in [0.4, 0.5) is 0 Å². The first-order valence-corrected chi connectivity index (χ1v) is 6.11. The van der Waals surface area contributed by atoms with E-state index in [0.29, 0.717) is 18.5 Å². The summed E-state index contributed by atoms with van der Waals surface area (Å²) in [5, 5.41) is 3.37. The highest BCUT2D eigenvalue weighted by Gasteiger charge is 2.25. The molecule has 1 rings (SSSR count). The van der Waals surface area contributed by atoms with Gasteiger partial charge in [-0.3, -0.25) is 4.79 Å². The van der Waals surface area contributed by atoms with Crippen LogP contribution in [0.5, 0.6) is 0 Å². The second-order valence-corrected chi connectivity index (χ2v) is 4.62. The Morgan fingerprint density at radius 2 is 2.25 bits per heavy atom. The lowest BCUT2D eigenvalue weighted by molar-refractivity contribution is -0.134. The van der Waals surface area contributed by atoms with Gasteiger partial charge in [-0.05, 0) is 26.7 Å². The van der Waals surface area contributed by atoms with Crippen LogP contribution in [0.2, 0.25) is 0 Å². The molecule has 0 aliphatic carbocycles. The molecule has 0 saturated carbocycles. The largest absolute Gasteiger partial charge is 0.337 e. The van der Waals surface area contributed by atoms with E-state index in [4.69, 9.17) is 6.42 Å². The lowest BCUT2D eigenvalue weighted by Gasteiger charge is -2.37. The summed E-state index contributed by atoms with van der Waals surface area (Å²) in [4.78, 5) is 14.0. The van der Waals surface area contributed by atoms with Crippen LogP contribution in [-0.4, -0.2) is 36.0 Å². The number of hydrogen-bond donors (Lipinski definition) is 1. The summed E-state index contributed by atoms with van der Waals surface area (Å²) in [6, 6.07) is 0.724. The number of hydrogen-bond acceptors (Lipinski definition) is 2. The van der Waals surface area contributed by atoms with Crippen molar-refractivity contribution >= 4 is 5.91 Å². The normalized spacial score (nSPS) is 25.2. The minimum atomic E-state index is 0.276. The standard InChI is InChI=1S/C13H22N2O/c1-4-5-6-7-8-13(16)15-10-11(2)14-9-12(15)3/h1,11-12,14H,5-10H2,2-3H3. The molecule has 2 atom stereocenters. The van der Waals surface area contributed by atoms with Gasteiger partial charge >= 0.3 is 0 Å². The Kier molecular flexibility index (Phi) is 5.34. The molecular weight excluding hydrogens is 200 g/mol. The molecule has 1 fully saturated rings. The third kappa shape index (κ3) is 3.86. The van der Waals surface area contributed by atoms with Crippen LogP contribution in [0.1, 0.15) is 39.5 Å². The predicted molar refractivity (Wildman–Crippen MR) is 65.9 cm³/mol. The van der Waals surface area contributed by atoms with E-state index < -0.39 is 0 Å². The molecule has 0 aromatic heterocycles. The Morgan fingerprint density at radius 3 is 2.94 bits per heavy atom. The molecule has 1 N–H and O–H groups in total. The number of terminal acetylenes is 1. The number of rotatable bonds is 4. The summed E-state index contributed by atoms with van der Waals surface area (Å²) in [5.74, 6) is 2.88. The van der Waals surface area contributed by atoms with E-state index in [1.165, 1.54) is 0 Å². The smallest absolute Gasteiger partial charge is 0.222 e. The van der Waals surface area contributed by atoms with Crippen LogP contribution in [0, 0.1) is 12.3 Å². The van der Waals surface area contributed by atoms with Crippen molar-refractivity contribution in [3.8, 4) is 12.3 Å². The van der Waals surface area contributed by atoms with Crippen LogP contribution in [0.3, 0.4) is 0 Å². The first kappa shape index (κ1) is 13.1. The van der Waals surface area contributed by atoms with E-state index >= 15 is 0 Å². The van der Waals surface area contributed by atoms with Crippen LogP contribution in [0.15, 0.2) is 0 Å². The van der Waals surface area contributed by atoms with Crippen molar-refractivity contribution < 1.29 is 4.79 Å². The fourth-order valence-electron chi connectivity index (χ4n) is 2.02. The monoisotopic (exact) mass is 222 g/mol. The molecular formula is C13H22N2O. The van der Waals surface area contributed by atoms with Gasteiger partial charge in [0.2, 0.25) is 5.91 Å². The maximum Gasteiger partial charge on any atom is 0.222 e. The highest BCUT2D eigenvalue weighted by Crippen LogP contribution is 2.10. The summed E-state index contributed by atoms with van der Waals surface area (Å²) in [6.45, 7) is 5.94. The van der Waals surface area contributed by atoms with E-state index in [1.807, 2.05) is 4.90 Å². The summed E-state index contributed by atoms with van der Waals surface area (Å²) in [7, 11) is 0. The molecule has 3 heteroatoms. The van der Waals surface area contributed by atoms with Gasteiger partial charge in [-0.25, -0.2) is 0 Å². The van der Waals surface area contributed by atoms with Crippen molar-refractivity contribution in [1.82, 2.24) is 10.2 Å². The van der Waals surface area contributed by atoms with Gasteiger partial charge in [0.25, 0.3) is 0 Å². The lowest BCUT2D eigenvalue weighted by Crippen LogP contribution is -2.56. The summed E-state index contributed by atoms with van der Waals surface area (Å²) in [5.41, 5.74) is 0. The third-order valence-corrected chi connectivity index (χ3v) is 3.05. The van der Waals surface area contributed by atoms with E-state index in [-0.39, 0.29) is 5.91 Å². The molecule has 1 heterocycles. The van der Waals surface area contributed by atoms with Gasteiger partial charge in [-0.1, -0.05) is 0 Å². The summed E-state index contributed by atoms with van der Waals surface area (Å²) < 4.78 is 0. The molecule has 0 aromatic carbocycles. The van der Waals surface area contributed by atoms with Gasteiger partial charge in [0.05, 0.1) is 0 Å². The fraction of sp³-hybridized carbons (Fsp3) is 0.769. The number of nitrogens with zero attached hydrogens (tertiary/aromatic N) is 1.